The molecule has 0 rings (SSSR count). The van der Waals surface area contributed by atoms with Gasteiger partial charge in [-0.05, 0) is 37.6 Å². The van der Waals surface area contributed by atoms with E-state index in [1.54, 1.807) is 0 Å². The summed E-state index contributed by atoms with van der Waals surface area (Å²) in [6, 6.07) is 0. The summed E-state index contributed by atoms with van der Waals surface area (Å²) in [5.41, 5.74) is 4.90. The SMILES string of the molecule is CCC(O)(CC)CNC(=O)CC(CN)CC(C)C. The first-order valence-electron chi connectivity index (χ1n) is 7.06. The first kappa shape index (κ1) is 17.4. The lowest BCUT2D eigenvalue weighted by Crippen LogP contribution is -2.42. The van der Waals surface area contributed by atoms with Gasteiger partial charge in [-0.25, -0.2) is 0 Å². The molecule has 0 fully saturated rings. The van der Waals surface area contributed by atoms with Crippen molar-refractivity contribution in [2.45, 2.75) is 59.0 Å². The normalized spacial score (nSPS) is 13.7. The van der Waals surface area contributed by atoms with E-state index in [4.69, 9.17) is 5.73 Å². The molecule has 108 valence electrons. The van der Waals surface area contributed by atoms with Crippen LogP contribution in [0.15, 0.2) is 0 Å². The van der Waals surface area contributed by atoms with Gasteiger partial charge < -0.3 is 16.2 Å². The number of nitrogens with one attached hydrogen (secondary N) is 1. The van der Waals surface area contributed by atoms with Crippen molar-refractivity contribution < 1.29 is 9.90 Å². The van der Waals surface area contributed by atoms with Gasteiger partial charge in [0, 0.05) is 13.0 Å². The smallest absolute Gasteiger partial charge is 0.220 e. The highest BCUT2D eigenvalue weighted by Gasteiger charge is 2.23. The lowest BCUT2D eigenvalue weighted by Gasteiger charge is -2.26. The Bertz CT molecular complexity index is 238. The van der Waals surface area contributed by atoms with E-state index in [1.165, 1.54) is 0 Å². The molecule has 1 atom stereocenters. The average Bonchev–Trinajstić information content (AvgIpc) is 2.34. The van der Waals surface area contributed by atoms with Crippen molar-refractivity contribution in [1.82, 2.24) is 5.32 Å². The van der Waals surface area contributed by atoms with Crippen LogP contribution in [0.5, 0.6) is 0 Å². The van der Waals surface area contributed by atoms with E-state index in [0.29, 0.717) is 38.3 Å². The van der Waals surface area contributed by atoms with E-state index in [9.17, 15) is 9.90 Å². The van der Waals surface area contributed by atoms with E-state index in [1.807, 2.05) is 13.8 Å². The van der Waals surface area contributed by atoms with Gasteiger partial charge in [-0.2, -0.15) is 0 Å². The van der Waals surface area contributed by atoms with Crippen LogP contribution in [0.2, 0.25) is 0 Å². The Morgan fingerprint density at radius 2 is 1.89 bits per heavy atom. The highest BCUT2D eigenvalue weighted by molar-refractivity contribution is 5.76. The number of nitrogens with two attached hydrogens (primary N) is 1. The van der Waals surface area contributed by atoms with E-state index in [-0.39, 0.29) is 11.8 Å². The second-order valence-corrected chi connectivity index (χ2v) is 5.64. The molecule has 4 heteroatoms. The molecule has 0 aromatic heterocycles. The fourth-order valence-electron chi connectivity index (χ4n) is 2.03. The standard InChI is InChI=1S/C14H30N2O2/c1-5-14(18,6-2)10-16-13(17)8-12(9-15)7-11(3)4/h11-12,18H,5-10,15H2,1-4H3,(H,16,17). The van der Waals surface area contributed by atoms with Crippen LogP contribution >= 0.6 is 0 Å². The van der Waals surface area contributed by atoms with Crippen molar-refractivity contribution >= 4 is 5.91 Å². The molecule has 0 aliphatic carbocycles. The third-order valence-electron chi connectivity index (χ3n) is 3.54. The fraction of sp³-hybridized carbons (Fsp3) is 0.929. The van der Waals surface area contributed by atoms with Gasteiger partial charge in [0.1, 0.15) is 0 Å². The molecule has 18 heavy (non-hydrogen) atoms. The van der Waals surface area contributed by atoms with Gasteiger partial charge >= 0.3 is 0 Å². The van der Waals surface area contributed by atoms with Crippen LogP contribution in [0.1, 0.15) is 53.4 Å². The molecule has 0 aromatic carbocycles. The molecular formula is C14H30N2O2. The minimum Gasteiger partial charge on any atom is -0.388 e. The maximum atomic E-state index is 11.8. The molecule has 1 amide bonds. The lowest BCUT2D eigenvalue weighted by atomic mass is 9.93. The molecule has 0 saturated carbocycles. The van der Waals surface area contributed by atoms with Crippen molar-refractivity contribution in [2.75, 3.05) is 13.1 Å². The van der Waals surface area contributed by atoms with Crippen molar-refractivity contribution in [3.8, 4) is 0 Å². The van der Waals surface area contributed by atoms with E-state index in [0.717, 1.165) is 6.42 Å². The predicted molar refractivity (Wildman–Crippen MR) is 75.2 cm³/mol. The third kappa shape index (κ3) is 6.97. The van der Waals surface area contributed by atoms with Crippen molar-refractivity contribution in [3.05, 3.63) is 0 Å². The topological polar surface area (TPSA) is 75.3 Å². The predicted octanol–water partition coefficient (Wildman–Crippen LogP) is 1.66. The Morgan fingerprint density at radius 3 is 2.28 bits per heavy atom. The van der Waals surface area contributed by atoms with Crippen LogP contribution in [0.3, 0.4) is 0 Å². The van der Waals surface area contributed by atoms with Crippen molar-refractivity contribution in [2.24, 2.45) is 17.6 Å². The van der Waals surface area contributed by atoms with Crippen LogP contribution < -0.4 is 11.1 Å². The van der Waals surface area contributed by atoms with Gasteiger partial charge in [0.05, 0.1) is 5.60 Å². The van der Waals surface area contributed by atoms with Crippen molar-refractivity contribution in [3.63, 3.8) is 0 Å². The molecule has 0 spiro atoms. The zero-order chi connectivity index (χ0) is 14.2. The summed E-state index contributed by atoms with van der Waals surface area (Å²) in [4.78, 5) is 11.8. The van der Waals surface area contributed by atoms with Gasteiger partial charge in [0.15, 0.2) is 0 Å². The highest BCUT2D eigenvalue weighted by Crippen LogP contribution is 2.15. The molecule has 4 nitrogen and oxygen atoms in total. The molecule has 1 unspecified atom stereocenters. The summed E-state index contributed by atoms with van der Waals surface area (Å²) in [5.74, 6) is 0.780. The summed E-state index contributed by atoms with van der Waals surface area (Å²) < 4.78 is 0. The zero-order valence-electron chi connectivity index (χ0n) is 12.3. The summed E-state index contributed by atoms with van der Waals surface area (Å²) in [5, 5.41) is 12.9. The maximum absolute atomic E-state index is 11.8. The van der Waals surface area contributed by atoms with Gasteiger partial charge in [-0.3, -0.25) is 4.79 Å². The quantitative estimate of drug-likeness (QED) is 0.589. The number of rotatable bonds is 9. The minimum atomic E-state index is -0.772. The van der Waals surface area contributed by atoms with Gasteiger partial charge in [-0.15, -0.1) is 0 Å². The molecule has 0 aromatic rings. The molecule has 0 aliphatic heterocycles. The maximum Gasteiger partial charge on any atom is 0.220 e. The number of aliphatic hydroxyl groups is 1. The van der Waals surface area contributed by atoms with Crippen LogP contribution in [0, 0.1) is 11.8 Å². The second kappa shape index (κ2) is 8.48. The summed E-state index contributed by atoms with van der Waals surface area (Å²) in [7, 11) is 0. The molecular weight excluding hydrogens is 228 g/mol. The third-order valence-corrected chi connectivity index (χ3v) is 3.54. The van der Waals surface area contributed by atoms with Gasteiger partial charge in [0.25, 0.3) is 0 Å². The van der Waals surface area contributed by atoms with Crippen LogP contribution in [0.25, 0.3) is 0 Å². The van der Waals surface area contributed by atoms with E-state index >= 15 is 0 Å². The highest BCUT2D eigenvalue weighted by atomic mass is 16.3. The summed E-state index contributed by atoms with van der Waals surface area (Å²) >= 11 is 0. The molecule has 0 saturated heterocycles. The monoisotopic (exact) mass is 258 g/mol. The second-order valence-electron chi connectivity index (χ2n) is 5.64. The molecule has 4 N–H and O–H groups in total. The number of carbonyl (C=O) groups excluding carboxylic acids is 1. The average molecular weight is 258 g/mol. The first-order chi connectivity index (χ1) is 8.36. The van der Waals surface area contributed by atoms with Gasteiger partial charge in [0.2, 0.25) is 5.91 Å². The Morgan fingerprint density at radius 1 is 1.33 bits per heavy atom. The van der Waals surface area contributed by atoms with Crippen LogP contribution in [-0.2, 0) is 4.79 Å². The Balaban J connectivity index is 4.09. The van der Waals surface area contributed by atoms with Crippen LogP contribution in [-0.4, -0.2) is 29.7 Å². The Kier molecular flexibility index (Phi) is 8.20. The zero-order valence-corrected chi connectivity index (χ0v) is 12.3. The largest absolute Gasteiger partial charge is 0.388 e. The van der Waals surface area contributed by atoms with E-state index in [2.05, 4.69) is 19.2 Å². The van der Waals surface area contributed by atoms with E-state index < -0.39 is 5.60 Å². The first-order valence-corrected chi connectivity index (χ1v) is 7.06. The fourth-order valence-corrected chi connectivity index (χ4v) is 2.03. The lowest BCUT2D eigenvalue weighted by molar-refractivity contribution is -0.123. The van der Waals surface area contributed by atoms with Gasteiger partial charge in [-0.1, -0.05) is 27.7 Å². The molecule has 0 heterocycles. The summed E-state index contributed by atoms with van der Waals surface area (Å²) in [6.07, 6.45) is 2.72. The number of hydrogen-bond acceptors (Lipinski definition) is 3. The molecule has 0 radical (unpaired) electrons. The Labute approximate surface area is 111 Å². The van der Waals surface area contributed by atoms with Crippen molar-refractivity contribution in [1.29, 1.82) is 0 Å². The Hall–Kier alpha value is -0.610. The number of hydrogen-bond donors (Lipinski definition) is 3. The summed E-state index contributed by atoms with van der Waals surface area (Å²) in [6.45, 7) is 8.99. The number of carbonyl (C=O) groups is 1. The molecule has 0 aliphatic rings. The minimum absolute atomic E-state index is 0.00794. The number of amides is 1. The molecule has 0 bridgehead atoms. The van der Waals surface area contributed by atoms with Crippen LogP contribution in [0.4, 0.5) is 0 Å².